The van der Waals surface area contributed by atoms with E-state index >= 15 is 0 Å². The van der Waals surface area contributed by atoms with E-state index in [4.69, 9.17) is 11.5 Å². The van der Waals surface area contributed by atoms with Crippen LogP contribution >= 0.6 is 0 Å². The van der Waals surface area contributed by atoms with Gasteiger partial charge in [0.2, 0.25) is 0 Å². The van der Waals surface area contributed by atoms with Crippen LogP contribution in [0.15, 0.2) is 72.8 Å². The van der Waals surface area contributed by atoms with E-state index in [0.717, 1.165) is 17.2 Å². The van der Waals surface area contributed by atoms with Crippen LogP contribution in [0.4, 0.5) is 24.5 Å². The van der Waals surface area contributed by atoms with Crippen molar-refractivity contribution in [2.75, 3.05) is 11.5 Å². The molecule has 0 heterocycles. The number of nitrogens with two attached hydrogens (primary N) is 2. The van der Waals surface area contributed by atoms with Gasteiger partial charge in [-0.2, -0.15) is 13.2 Å². The van der Waals surface area contributed by atoms with Crippen molar-refractivity contribution in [1.82, 2.24) is 0 Å². The Hall–Kier alpha value is -2.95. The van der Waals surface area contributed by atoms with Gasteiger partial charge in [-0.1, -0.05) is 60.7 Å². The van der Waals surface area contributed by atoms with Gasteiger partial charge in [-0.05, 0) is 23.3 Å². The lowest BCUT2D eigenvalue weighted by Crippen LogP contribution is -2.17. The molecular weight excluding hydrogens is 325 g/mol. The molecule has 3 aromatic carbocycles. The van der Waals surface area contributed by atoms with Crippen LogP contribution in [0.1, 0.15) is 28.2 Å². The number of nitrogen functional groups attached to an aromatic ring is 2. The quantitative estimate of drug-likeness (QED) is 0.517. The summed E-state index contributed by atoms with van der Waals surface area (Å²) in [5.74, 6) is -0.664. The molecule has 0 radical (unpaired) electrons. The van der Waals surface area contributed by atoms with E-state index in [1.165, 1.54) is 6.07 Å². The largest absolute Gasteiger partial charge is 0.416 e. The van der Waals surface area contributed by atoms with Gasteiger partial charge < -0.3 is 11.5 Å². The van der Waals surface area contributed by atoms with Crippen LogP contribution < -0.4 is 11.5 Å². The zero-order chi connectivity index (χ0) is 18.0. The molecule has 0 bridgehead atoms. The first kappa shape index (κ1) is 16.9. The van der Waals surface area contributed by atoms with Crippen molar-refractivity contribution >= 4 is 11.4 Å². The lowest BCUT2D eigenvalue weighted by molar-refractivity contribution is -0.138. The number of rotatable bonds is 3. The summed E-state index contributed by atoms with van der Waals surface area (Å²) in [5, 5.41) is 0. The van der Waals surface area contributed by atoms with Crippen molar-refractivity contribution in [2.45, 2.75) is 12.1 Å². The minimum atomic E-state index is -4.53. The Morgan fingerprint density at radius 1 is 0.680 bits per heavy atom. The van der Waals surface area contributed by atoms with Crippen LogP contribution in [0.2, 0.25) is 0 Å². The molecule has 2 nitrogen and oxygen atoms in total. The Kier molecular flexibility index (Phi) is 4.40. The van der Waals surface area contributed by atoms with Crippen molar-refractivity contribution < 1.29 is 13.2 Å². The smallest absolute Gasteiger partial charge is 0.397 e. The van der Waals surface area contributed by atoms with E-state index in [0.29, 0.717) is 0 Å². The zero-order valence-electron chi connectivity index (χ0n) is 13.3. The summed E-state index contributed by atoms with van der Waals surface area (Å²) in [4.78, 5) is 0. The molecule has 3 aromatic rings. The summed E-state index contributed by atoms with van der Waals surface area (Å²) in [5.41, 5.74) is 12.6. The molecule has 128 valence electrons. The molecule has 0 spiro atoms. The summed E-state index contributed by atoms with van der Waals surface area (Å²) < 4.78 is 41.0. The molecular formula is C20H17F3N2. The van der Waals surface area contributed by atoms with Gasteiger partial charge in [0.1, 0.15) is 0 Å². The van der Waals surface area contributed by atoms with Crippen molar-refractivity contribution in [3.63, 3.8) is 0 Å². The zero-order valence-corrected chi connectivity index (χ0v) is 13.3. The molecule has 3 rings (SSSR count). The molecule has 0 saturated carbocycles. The van der Waals surface area contributed by atoms with Crippen molar-refractivity contribution in [1.29, 1.82) is 0 Å². The maximum absolute atomic E-state index is 13.7. The van der Waals surface area contributed by atoms with Crippen LogP contribution in [0.25, 0.3) is 0 Å². The first-order chi connectivity index (χ1) is 11.9. The second-order valence-electron chi connectivity index (χ2n) is 5.78. The Labute approximate surface area is 143 Å². The van der Waals surface area contributed by atoms with E-state index in [2.05, 4.69) is 0 Å². The van der Waals surface area contributed by atoms with Crippen LogP contribution in [-0.4, -0.2) is 0 Å². The van der Waals surface area contributed by atoms with Gasteiger partial charge >= 0.3 is 6.18 Å². The third kappa shape index (κ3) is 3.31. The van der Waals surface area contributed by atoms with Crippen molar-refractivity contribution in [3.05, 3.63) is 95.1 Å². The average molecular weight is 342 g/mol. The Balaban J connectivity index is 2.34. The van der Waals surface area contributed by atoms with E-state index in [9.17, 15) is 13.2 Å². The Morgan fingerprint density at radius 2 is 1.16 bits per heavy atom. The highest BCUT2D eigenvalue weighted by Crippen LogP contribution is 2.44. The predicted molar refractivity (Wildman–Crippen MR) is 94.1 cm³/mol. The number of halogens is 3. The van der Waals surface area contributed by atoms with Crippen LogP contribution in [0, 0.1) is 0 Å². The molecule has 0 aliphatic carbocycles. The summed E-state index contributed by atoms with van der Waals surface area (Å²) in [7, 11) is 0. The fourth-order valence-corrected chi connectivity index (χ4v) is 3.03. The molecule has 0 saturated heterocycles. The van der Waals surface area contributed by atoms with Gasteiger partial charge in [0.25, 0.3) is 0 Å². The van der Waals surface area contributed by atoms with E-state index in [1.807, 2.05) is 12.1 Å². The SMILES string of the molecule is Nc1ccc(C(F)(F)F)c(C(c2ccccc2)c2ccccc2)c1N. The first-order valence-corrected chi connectivity index (χ1v) is 7.74. The minimum Gasteiger partial charge on any atom is -0.397 e. The highest BCUT2D eigenvalue weighted by Gasteiger charge is 2.37. The number of hydrogen-bond donors (Lipinski definition) is 2. The van der Waals surface area contributed by atoms with Crippen LogP contribution in [0.3, 0.4) is 0 Å². The molecule has 0 aliphatic rings. The molecule has 0 fully saturated rings. The van der Waals surface area contributed by atoms with Crippen molar-refractivity contribution in [3.8, 4) is 0 Å². The van der Waals surface area contributed by atoms with Gasteiger partial charge in [-0.3, -0.25) is 0 Å². The summed E-state index contributed by atoms with van der Waals surface area (Å²) in [6, 6.07) is 20.2. The molecule has 25 heavy (non-hydrogen) atoms. The van der Waals surface area contributed by atoms with Gasteiger partial charge in [-0.15, -0.1) is 0 Å². The van der Waals surface area contributed by atoms with Gasteiger partial charge in [0.05, 0.1) is 16.9 Å². The maximum atomic E-state index is 13.7. The first-order valence-electron chi connectivity index (χ1n) is 7.74. The molecule has 0 aromatic heterocycles. The summed E-state index contributed by atoms with van der Waals surface area (Å²) >= 11 is 0. The van der Waals surface area contributed by atoms with Gasteiger partial charge in [-0.25, -0.2) is 0 Å². The number of benzene rings is 3. The number of anilines is 2. The third-order valence-electron chi connectivity index (χ3n) is 4.18. The lowest BCUT2D eigenvalue weighted by atomic mass is 9.81. The highest BCUT2D eigenvalue weighted by molar-refractivity contribution is 5.73. The Morgan fingerprint density at radius 3 is 1.60 bits per heavy atom. The predicted octanol–water partition coefficient (Wildman–Crippen LogP) is 5.05. The third-order valence-corrected chi connectivity index (χ3v) is 4.18. The van der Waals surface area contributed by atoms with Gasteiger partial charge in [0.15, 0.2) is 0 Å². The summed E-state index contributed by atoms with van der Waals surface area (Å²) in [6.45, 7) is 0. The fourth-order valence-electron chi connectivity index (χ4n) is 3.03. The van der Waals surface area contributed by atoms with Crippen LogP contribution in [0.5, 0.6) is 0 Å². The second-order valence-corrected chi connectivity index (χ2v) is 5.78. The normalized spacial score (nSPS) is 11.7. The molecule has 0 aliphatic heterocycles. The van der Waals surface area contributed by atoms with Crippen LogP contribution in [-0.2, 0) is 6.18 Å². The minimum absolute atomic E-state index is 0.00935. The van der Waals surface area contributed by atoms with Crippen molar-refractivity contribution in [2.24, 2.45) is 0 Å². The molecule has 5 heteroatoms. The summed E-state index contributed by atoms with van der Waals surface area (Å²) in [6.07, 6.45) is -4.53. The highest BCUT2D eigenvalue weighted by atomic mass is 19.4. The topological polar surface area (TPSA) is 52.0 Å². The molecule has 0 unspecified atom stereocenters. The molecule has 0 amide bonds. The fraction of sp³-hybridized carbons (Fsp3) is 0.100. The van der Waals surface area contributed by atoms with E-state index in [1.54, 1.807) is 48.5 Å². The number of alkyl halides is 3. The second kappa shape index (κ2) is 6.51. The molecule has 0 atom stereocenters. The molecule has 4 N–H and O–H groups in total. The standard InChI is InChI=1S/C20H17F3N2/c21-20(22,23)15-11-12-16(24)19(25)18(15)17(13-7-3-1-4-8-13)14-9-5-2-6-10-14/h1-12,17H,24-25H2. The number of hydrogen-bond acceptors (Lipinski definition) is 2. The van der Waals surface area contributed by atoms with E-state index < -0.39 is 17.7 Å². The van der Waals surface area contributed by atoms with E-state index in [-0.39, 0.29) is 16.9 Å². The monoisotopic (exact) mass is 342 g/mol. The lowest BCUT2D eigenvalue weighted by Gasteiger charge is -2.25. The Bertz CT molecular complexity index is 820. The average Bonchev–Trinajstić information content (AvgIpc) is 2.60. The van der Waals surface area contributed by atoms with Gasteiger partial charge in [0, 0.05) is 11.5 Å². The maximum Gasteiger partial charge on any atom is 0.416 e.